The molecule has 3 aliphatic rings. The lowest BCUT2D eigenvalue weighted by atomic mass is 10.0. The Morgan fingerprint density at radius 2 is 1.76 bits per heavy atom. The van der Waals surface area contributed by atoms with Gasteiger partial charge in [0.15, 0.2) is 6.29 Å². The number of hydrogen-bond acceptors (Lipinski definition) is 6. The number of benzene rings is 1. The molecule has 0 saturated carbocycles. The van der Waals surface area contributed by atoms with Crippen molar-refractivity contribution in [2.24, 2.45) is 0 Å². The average Bonchev–Trinajstić information content (AvgIpc) is 3.30. The van der Waals surface area contributed by atoms with Crippen LogP contribution in [-0.2, 0) is 20.8 Å². The van der Waals surface area contributed by atoms with Gasteiger partial charge in [0.05, 0.1) is 32.9 Å². The quantitative estimate of drug-likeness (QED) is 0.719. The standard InChI is InChI=1S/C22H33N3O4/c1-27-19-7-5-18(6-8-19)16-23-10-12-24(13-11-23)21(26)17-25-9-3-2-4-20(25)22-28-14-15-29-22/h5-8,20,22H,2-4,9-17H2,1H3. The molecule has 1 atom stereocenters. The van der Waals surface area contributed by atoms with Gasteiger partial charge in [-0.15, -0.1) is 0 Å². The summed E-state index contributed by atoms with van der Waals surface area (Å²) >= 11 is 0. The Morgan fingerprint density at radius 3 is 2.45 bits per heavy atom. The highest BCUT2D eigenvalue weighted by Crippen LogP contribution is 2.24. The maximum Gasteiger partial charge on any atom is 0.236 e. The van der Waals surface area contributed by atoms with E-state index in [1.165, 1.54) is 12.0 Å². The van der Waals surface area contributed by atoms with Crippen molar-refractivity contribution >= 4 is 5.91 Å². The van der Waals surface area contributed by atoms with Crippen LogP contribution < -0.4 is 4.74 Å². The summed E-state index contributed by atoms with van der Waals surface area (Å²) in [5, 5.41) is 0. The largest absolute Gasteiger partial charge is 0.497 e. The lowest BCUT2D eigenvalue weighted by Crippen LogP contribution is -2.54. The summed E-state index contributed by atoms with van der Waals surface area (Å²) in [7, 11) is 1.69. The summed E-state index contributed by atoms with van der Waals surface area (Å²) in [6, 6.07) is 8.44. The molecule has 160 valence electrons. The number of likely N-dealkylation sites (tertiary alicyclic amines) is 1. The first-order valence-electron chi connectivity index (χ1n) is 10.8. The van der Waals surface area contributed by atoms with Gasteiger partial charge in [0.2, 0.25) is 5.91 Å². The predicted molar refractivity (Wildman–Crippen MR) is 110 cm³/mol. The van der Waals surface area contributed by atoms with Gasteiger partial charge in [-0.25, -0.2) is 0 Å². The summed E-state index contributed by atoms with van der Waals surface area (Å²) in [6.45, 7) is 7.10. The molecule has 4 rings (SSSR count). The van der Waals surface area contributed by atoms with Gasteiger partial charge in [-0.2, -0.15) is 0 Å². The fourth-order valence-corrected chi connectivity index (χ4v) is 4.54. The smallest absolute Gasteiger partial charge is 0.236 e. The lowest BCUT2D eigenvalue weighted by Gasteiger charge is -2.40. The highest BCUT2D eigenvalue weighted by molar-refractivity contribution is 5.78. The van der Waals surface area contributed by atoms with E-state index in [0.29, 0.717) is 19.8 Å². The van der Waals surface area contributed by atoms with E-state index in [1.54, 1.807) is 7.11 Å². The van der Waals surface area contributed by atoms with E-state index in [2.05, 4.69) is 21.9 Å². The summed E-state index contributed by atoms with van der Waals surface area (Å²) < 4.78 is 16.7. The fourth-order valence-electron chi connectivity index (χ4n) is 4.54. The second-order valence-corrected chi connectivity index (χ2v) is 8.15. The van der Waals surface area contributed by atoms with Crippen LogP contribution in [0.1, 0.15) is 24.8 Å². The minimum Gasteiger partial charge on any atom is -0.497 e. The number of piperidine rings is 1. The molecular weight excluding hydrogens is 370 g/mol. The maximum absolute atomic E-state index is 12.9. The van der Waals surface area contributed by atoms with Gasteiger partial charge in [-0.05, 0) is 37.1 Å². The molecular formula is C22H33N3O4. The van der Waals surface area contributed by atoms with E-state index in [-0.39, 0.29) is 18.2 Å². The monoisotopic (exact) mass is 403 g/mol. The van der Waals surface area contributed by atoms with Crippen molar-refractivity contribution in [2.45, 2.75) is 38.1 Å². The molecule has 3 saturated heterocycles. The molecule has 1 aromatic carbocycles. The van der Waals surface area contributed by atoms with Crippen LogP contribution in [0.2, 0.25) is 0 Å². The van der Waals surface area contributed by atoms with E-state index in [4.69, 9.17) is 14.2 Å². The number of nitrogens with zero attached hydrogens (tertiary/aromatic N) is 3. The second-order valence-electron chi connectivity index (χ2n) is 8.15. The van der Waals surface area contributed by atoms with Crippen LogP contribution in [0.5, 0.6) is 5.75 Å². The van der Waals surface area contributed by atoms with E-state index in [9.17, 15) is 4.79 Å². The first kappa shape index (κ1) is 20.6. The van der Waals surface area contributed by atoms with Crippen molar-refractivity contribution in [3.63, 3.8) is 0 Å². The SMILES string of the molecule is COc1ccc(CN2CCN(C(=O)CN3CCCCC3C3OCCO3)CC2)cc1. The Balaban J connectivity index is 1.24. The number of ether oxygens (including phenoxy) is 3. The van der Waals surface area contributed by atoms with Gasteiger partial charge >= 0.3 is 0 Å². The molecule has 3 fully saturated rings. The summed E-state index contributed by atoms with van der Waals surface area (Å²) in [5.41, 5.74) is 1.28. The van der Waals surface area contributed by atoms with Crippen molar-refractivity contribution in [3.05, 3.63) is 29.8 Å². The Hall–Kier alpha value is -1.67. The highest BCUT2D eigenvalue weighted by Gasteiger charge is 2.35. The number of piperazine rings is 1. The third kappa shape index (κ3) is 5.28. The average molecular weight is 404 g/mol. The Labute approximate surface area is 173 Å². The lowest BCUT2D eigenvalue weighted by molar-refractivity contribution is -0.141. The molecule has 0 aliphatic carbocycles. The number of hydrogen-bond donors (Lipinski definition) is 0. The predicted octanol–water partition coefficient (Wildman–Crippen LogP) is 1.57. The van der Waals surface area contributed by atoms with Crippen LogP contribution in [0.4, 0.5) is 0 Å². The fraction of sp³-hybridized carbons (Fsp3) is 0.682. The van der Waals surface area contributed by atoms with Crippen molar-refractivity contribution in [2.75, 3.05) is 59.6 Å². The van der Waals surface area contributed by atoms with Crippen molar-refractivity contribution in [3.8, 4) is 5.75 Å². The van der Waals surface area contributed by atoms with Crippen LogP contribution in [0.25, 0.3) is 0 Å². The third-order valence-corrected chi connectivity index (χ3v) is 6.25. The molecule has 7 heteroatoms. The molecule has 0 spiro atoms. The molecule has 0 bridgehead atoms. The van der Waals surface area contributed by atoms with E-state index in [0.717, 1.165) is 57.9 Å². The van der Waals surface area contributed by atoms with Gasteiger partial charge in [0.1, 0.15) is 5.75 Å². The van der Waals surface area contributed by atoms with Gasteiger partial charge in [0, 0.05) is 32.7 Å². The minimum absolute atomic E-state index is 0.163. The molecule has 7 nitrogen and oxygen atoms in total. The van der Waals surface area contributed by atoms with Crippen molar-refractivity contribution in [1.82, 2.24) is 14.7 Å². The van der Waals surface area contributed by atoms with Crippen molar-refractivity contribution < 1.29 is 19.0 Å². The third-order valence-electron chi connectivity index (χ3n) is 6.25. The first-order chi connectivity index (χ1) is 14.2. The van der Waals surface area contributed by atoms with E-state index in [1.807, 2.05) is 17.0 Å². The Bertz CT molecular complexity index is 655. The summed E-state index contributed by atoms with van der Waals surface area (Å²) in [4.78, 5) is 19.6. The van der Waals surface area contributed by atoms with Crippen LogP contribution in [-0.4, -0.2) is 92.5 Å². The van der Waals surface area contributed by atoms with Crippen LogP contribution in [0.15, 0.2) is 24.3 Å². The maximum atomic E-state index is 12.9. The second kappa shape index (κ2) is 9.89. The van der Waals surface area contributed by atoms with Crippen molar-refractivity contribution in [1.29, 1.82) is 0 Å². The van der Waals surface area contributed by atoms with Gasteiger partial charge in [0.25, 0.3) is 0 Å². The number of amides is 1. The van der Waals surface area contributed by atoms with Crippen LogP contribution in [0, 0.1) is 0 Å². The molecule has 0 radical (unpaired) electrons. The molecule has 29 heavy (non-hydrogen) atoms. The number of carbonyl (C=O) groups excluding carboxylic acids is 1. The highest BCUT2D eigenvalue weighted by atomic mass is 16.7. The summed E-state index contributed by atoms with van der Waals surface area (Å²) in [5.74, 6) is 1.12. The normalized spacial score (nSPS) is 24.7. The van der Waals surface area contributed by atoms with E-state index >= 15 is 0 Å². The number of rotatable bonds is 6. The van der Waals surface area contributed by atoms with Gasteiger partial charge in [-0.3, -0.25) is 14.6 Å². The van der Waals surface area contributed by atoms with Crippen LogP contribution >= 0.6 is 0 Å². The van der Waals surface area contributed by atoms with Gasteiger partial charge in [-0.1, -0.05) is 18.6 Å². The molecule has 3 heterocycles. The molecule has 0 N–H and O–H groups in total. The molecule has 3 aliphatic heterocycles. The number of carbonyl (C=O) groups is 1. The molecule has 0 aromatic heterocycles. The molecule has 1 amide bonds. The summed E-state index contributed by atoms with van der Waals surface area (Å²) in [6.07, 6.45) is 3.21. The van der Waals surface area contributed by atoms with E-state index < -0.39 is 0 Å². The molecule has 1 unspecified atom stereocenters. The first-order valence-corrected chi connectivity index (χ1v) is 10.8. The molecule has 1 aromatic rings. The van der Waals surface area contributed by atoms with Gasteiger partial charge < -0.3 is 19.1 Å². The zero-order chi connectivity index (χ0) is 20.1. The minimum atomic E-state index is -0.163. The zero-order valence-corrected chi connectivity index (χ0v) is 17.4. The Morgan fingerprint density at radius 1 is 1.03 bits per heavy atom. The topological polar surface area (TPSA) is 54.5 Å². The number of methoxy groups -OCH3 is 1. The van der Waals surface area contributed by atoms with Crippen LogP contribution in [0.3, 0.4) is 0 Å². The Kier molecular flexibility index (Phi) is 7.02. The zero-order valence-electron chi connectivity index (χ0n) is 17.4.